The second-order valence-electron chi connectivity index (χ2n) is 5.39. The molecule has 0 radical (unpaired) electrons. The zero-order chi connectivity index (χ0) is 18.5. The third-order valence-corrected chi connectivity index (χ3v) is 4.27. The number of halogens is 3. The summed E-state index contributed by atoms with van der Waals surface area (Å²) in [6, 6.07) is 14.0. The summed E-state index contributed by atoms with van der Waals surface area (Å²) in [7, 11) is 0. The van der Waals surface area contributed by atoms with Gasteiger partial charge in [-0.15, -0.1) is 0 Å². The molecule has 26 heavy (non-hydrogen) atoms. The molecule has 0 saturated carbocycles. The van der Waals surface area contributed by atoms with Gasteiger partial charge in [-0.2, -0.15) is 10.2 Å². The number of benzene rings is 2. The van der Waals surface area contributed by atoms with E-state index in [2.05, 4.69) is 15.6 Å². The van der Waals surface area contributed by atoms with Crippen molar-refractivity contribution in [3.05, 3.63) is 86.6 Å². The first kappa shape index (κ1) is 18.5. The SMILES string of the molecule is O=C(N/N=C/c1cccc(Cl)c1)c1ccn(Cc2ccc(Cl)cc2Cl)n1. The number of carbonyl (C=O) groups is 1. The third kappa shape index (κ3) is 4.85. The normalized spacial score (nSPS) is 11.0. The molecule has 132 valence electrons. The summed E-state index contributed by atoms with van der Waals surface area (Å²) >= 11 is 17.9. The average Bonchev–Trinajstić information content (AvgIpc) is 3.06. The van der Waals surface area contributed by atoms with Crippen LogP contribution in [0.5, 0.6) is 0 Å². The van der Waals surface area contributed by atoms with Crippen molar-refractivity contribution in [2.45, 2.75) is 6.54 Å². The lowest BCUT2D eigenvalue weighted by molar-refractivity contribution is 0.0949. The summed E-state index contributed by atoms with van der Waals surface area (Å²) in [5, 5.41) is 9.84. The minimum atomic E-state index is -0.413. The molecule has 0 fully saturated rings. The van der Waals surface area contributed by atoms with Crippen molar-refractivity contribution in [3.8, 4) is 0 Å². The molecule has 5 nitrogen and oxygen atoms in total. The van der Waals surface area contributed by atoms with Crippen molar-refractivity contribution < 1.29 is 4.79 Å². The predicted molar refractivity (Wildman–Crippen MR) is 104 cm³/mol. The van der Waals surface area contributed by atoms with Gasteiger partial charge in [-0.05, 0) is 41.5 Å². The maximum absolute atomic E-state index is 12.1. The Bertz CT molecular complexity index is 969. The molecule has 1 N–H and O–H groups in total. The second kappa shape index (κ2) is 8.36. The van der Waals surface area contributed by atoms with Gasteiger partial charge in [0.1, 0.15) is 0 Å². The number of carbonyl (C=O) groups excluding carboxylic acids is 1. The van der Waals surface area contributed by atoms with Crippen LogP contribution in [-0.4, -0.2) is 21.9 Å². The molecular weight excluding hydrogens is 395 g/mol. The summed E-state index contributed by atoms with van der Waals surface area (Å²) < 4.78 is 1.62. The van der Waals surface area contributed by atoms with Gasteiger partial charge < -0.3 is 0 Å². The van der Waals surface area contributed by atoms with Crippen LogP contribution in [0.2, 0.25) is 15.1 Å². The van der Waals surface area contributed by atoms with Gasteiger partial charge in [0.25, 0.3) is 5.91 Å². The van der Waals surface area contributed by atoms with Gasteiger partial charge in [0.15, 0.2) is 5.69 Å². The third-order valence-electron chi connectivity index (χ3n) is 3.45. The van der Waals surface area contributed by atoms with E-state index in [1.807, 2.05) is 12.1 Å². The standard InChI is InChI=1S/C18H13Cl3N4O/c19-14-3-1-2-12(8-14)10-22-23-18(26)17-6-7-25(24-17)11-13-4-5-15(20)9-16(13)21/h1-10H,11H2,(H,23,26)/b22-10+. The van der Waals surface area contributed by atoms with Crippen LogP contribution in [0.1, 0.15) is 21.6 Å². The lowest BCUT2D eigenvalue weighted by atomic mass is 10.2. The molecule has 0 spiro atoms. The van der Waals surface area contributed by atoms with Gasteiger partial charge >= 0.3 is 0 Å². The second-order valence-corrected chi connectivity index (χ2v) is 6.67. The fourth-order valence-corrected chi connectivity index (χ4v) is 2.87. The van der Waals surface area contributed by atoms with E-state index in [1.54, 1.807) is 47.3 Å². The van der Waals surface area contributed by atoms with E-state index in [0.717, 1.165) is 11.1 Å². The first-order valence-corrected chi connectivity index (χ1v) is 8.71. The quantitative estimate of drug-likeness (QED) is 0.494. The number of nitrogens with one attached hydrogen (secondary N) is 1. The van der Waals surface area contributed by atoms with E-state index >= 15 is 0 Å². The highest BCUT2D eigenvalue weighted by atomic mass is 35.5. The summed E-state index contributed by atoms with van der Waals surface area (Å²) in [5.74, 6) is -0.413. The predicted octanol–water partition coefficient (Wildman–Crippen LogP) is 4.66. The molecule has 0 aliphatic heterocycles. The molecule has 3 rings (SSSR count). The van der Waals surface area contributed by atoms with E-state index in [1.165, 1.54) is 6.21 Å². The Morgan fingerprint density at radius 2 is 1.92 bits per heavy atom. The molecule has 2 aromatic carbocycles. The Labute approximate surface area is 165 Å². The summed E-state index contributed by atoms with van der Waals surface area (Å²) in [6.07, 6.45) is 3.20. The van der Waals surface area contributed by atoms with Crippen LogP contribution in [0.3, 0.4) is 0 Å². The van der Waals surface area contributed by atoms with Crippen LogP contribution in [0, 0.1) is 0 Å². The number of aromatic nitrogens is 2. The Hall–Kier alpha value is -2.34. The Kier molecular flexibility index (Phi) is 5.93. The molecule has 0 bridgehead atoms. The first-order valence-electron chi connectivity index (χ1n) is 7.57. The van der Waals surface area contributed by atoms with Crippen LogP contribution < -0.4 is 5.43 Å². The van der Waals surface area contributed by atoms with Gasteiger partial charge in [0, 0.05) is 21.3 Å². The van der Waals surface area contributed by atoms with Gasteiger partial charge in [0.2, 0.25) is 0 Å². The number of amides is 1. The zero-order valence-electron chi connectivity index (χ0n) is 13.4. The number of hydrogen-bond donors (Lipinski definition) is 1. The van der Waals surface area contributed by atoms with Crippen molar-refractivity contribution in [2.24, 2.45) is 5.10 Å². The van der Waals surface area contributed by atoms with Crippen molar-refractivity contribution in [3.63, 3.8) is 0 Å². The van der Waals surface area contributed by atoms with Crippen LogP contribution in [-0.2, 0) is 6.54 Å². The number of hydrogen-bond acceptors (Lipinski definition) is 3. The van der Waals surface area contributed by atoms with E-state index in [4.69, 9.17) is 34.8 Å². The van der Waals surface area contributed by atoms with E-state index in [9.17, 15) is 4.79 Å². The molecule has 1 heterocycles. The smallest absolute Gasteiger partial charge is 0.267 e. The van der Waals surface area contributed by atoms with Crippen LogP contribution in [0.4, 0.5) is 0 Å². The van der Waals surface area contributed by atoms with Gasteiger partial charge in [-0.25, -0.2) is 5.43 Å². The lowest BCUT2D eigenvalue weighted by Gasteiger charge is -2.05. The Morgan fingerprint density at radius 1 is 1.12 bits per heavy atom. The molecule has 1 amide bonds. The van der Waals surface area contributed by atoms with Crippen molar-refractivity contribution in [1.82, 2.24) is 15.2 Å². The number of nitrogens with zero attached hydrogens (tertiary/aromatic N) is 3. The molecule has 0 aliphatic carbocycles. The Morgan fingerprint density at radius 3 is 2.69 bits per heavy atom. The molecule has 0 atom stereocenters. The minimum Gasteiger partial charge on any atom is -0.267 e. The summed E-state index contributed by atoms with van der Waals surface area (Å²) in [6.45, 7) is 0.426. The summed E-state index contributed by atoms with van der Waals surface area (Å²) in [5.41, 5.74) is 4.31. The van der Waals surface area contributed by atoms with Gasteiger partial charge in [-0.1, -0.05) is 53.0 Å². The zero-order valence-corrected chi connectivity index (χ0v) is 15.6. The molecular formula is C18H13Cl3N4O. The highest BCUT2D eigenvalue weighted by Crippen LogP contribution is 2.21. The van der Waals surface area contributed by atoms with Gasteiger partial charge in [0.05, 0.1) is 12.8 Å². The molecule has 1 aromatic heterocycles. The molecule has 0 saturated heterocycles. The largest absolute Gasteiger partial charge is 0.291 e. The van der Waals surface area contributed by atoms with Crippen LogP contribution in [0.25, 0.3) is 0 Å². The molecule has 3 aromatic rings. The number of rotatable bonds is 5. The first-order chi connectivity index (χ1) is 12.5. The number of hydrazone groups is 1. The monoisotopic (exact) mass is 406 g/mol. The minimum absolute atomic E-state index is 0.248. The lowest BCUT2D eigenvalue weighted by Crippen LogP contribution is -2.18. The molecule has 0 unspecified atom stereocenters. The Balaban J connectivity index is 1.62. The van der Waals surface area contributed by atoms with Crippen molar-refractivity contribution in [2.75, 3.05) is 0 Å². The fourth-order valence-electron chi connectivity index (χ4n) is 2.20. The molecule has 0 aliphatic rings. The van der Waals surface area contributed by atoms with Crippen LogP contribution >= 0.6 is 34.8 Å². The van der Waals surface area contributed by atoms with E-state index in [0.29, 0.717) is 21.6 Å². The topological polar surface area (TPSA) is 59.3 Å². The van der Waals surface area contributed by atoms with Crippen LogP contribution in [0.15, 0.2) is 59.8 Å². The van der Waals surface area contributed by atoms with E-state index < -0.39 is 5.91 Å². The fraction of sp³-hybridized carbons (Fsp3) is 0.0556. The maximum Gasteiger partial charge on any atom is 0.291 e. The van der Waals surface area contributed by atoms with Crippen molar-refractivity contribution >= 4 is 46.9 Å². The maximum atomic E-state index is 12.1. The van der Waals surface area contributed by atoms with Crippen molar-refractivity contribution in [1.29, 1.82) is 0 Å². The van der Waals surface area contributed by atoms with Gasteiger partial charge in [-0.3, -0.25) is 9.48 Å². The molecule has 8 heteroatoms. The summed E-state index contributed by atoms with van der Waals surface area (Å²) in [4.78, 5) is 12.1. The highest BCUT2D eigenvalue weighted by Gasteiger charge is 2.10. The average molecular weight is 408 g/mol. The van der Waals surface area contributed by atoms with E-state index in [-0.39, 0.29) is 5.69 Å². The highest BCUT2D eigenvalue weighted by molar-refractivity contribution is 6.35.